The molecular formula is C21H29N5O. The summed E-state index contributed by atoms with van der Waals surface area (Å²) in [4.78, 5) is 16.7. The summed E-state index contributed by atoms with van der Waals surface area (Å²) in [6, 6.07) is 12.3. The van der Waals surface area contributed by atoms with E-state index >= 15 is 0 Å². The van der Waals surface area contributed by atoms with Crippen LogP contribution in [0.3, 0.4) is 0 Å². The fourth-order valence-corrected chi connectivity index (χ4v) is 3.20. The van der Waals surface area contributed by atoms with Crippen molar-refractivity contribution < 1.29 is 4.79 Å². The molecule has 1 N–H and O–H groups in total. The van der Waals surface area contributed by atoms with Crippen LogP contribution in [-0.2, 0) is 0 Å². The fraction of sp³-hybridized carbons (Fsp3) is 0.476. The van der Waals surface area contributed by atoms with Gasteiger partial charge in [-0.25, -0.2) is 0 Å². The maximum atomic E-state index is 12.1. The Morgan fingerprint density at radius 1 is 1.07 bits per heavy atom. The summed E-state index contributed by atoms with van der Waals surface area (Å²) in [5.41, 5.74) is 2.93. The number of piperazine rings is 1. The van der Waals surface area contributed by atoms with Gasteiger partial charge in [-0.2, -0.15) is 0 Å². The van der Waals surface area contributed by atoms with Gasteiger partial charge in [-0.3, -0.25) is 4.79 Å². The Labute approximate surface area is 161 Å². The highest BCUT2D eigenvalue weighted by molar-refractivity contribution is 5.92. The molecule has 0 aliphatic carbocycles. The third-order valence-corrected chi connectivity index (χ3v) is 4.86. The van der Waals surface area contributed by atoms with Gasteiger partial charge < -0.3 is 15.1 Å². The van der Waals surface area contributed by atoms with Crippen molar-refractivity contribution in [1.29, 1.82) is 0 Å². The minimum absolute atomic E-state index is 0.154. The van der Waals surface area contributed by atoms with E-state index in [1.807, 2.05) is 6.07 Å². The van der Waals surface area contributed by atoms with E-state index in [1.54, 1.807) is 6.07 Å². The first kappa shape index (κ1) is 19.1. The van der Waals surface area contributed by atoms with Gasteiger partial charge in [0.25, 0.3) is 5.91 Å². The lowest BCUT2D eigenvalue weighted by Gasteiger charge is -2.36. The van der Waals surface area contributed by atoms with Gasteiger partial charge in [0.15, 0.2) is 11.5 Å². The molecular weight excluding hydrogens is 338 g/mol. The second-order valence-electron chi connectivity index (χ2n) is 7.53. The number of amides is 1. The summed E-state index contributed by atoms with van der Waals surface area (Å²) >= 11 is 0. The van der Waals surface area contributed by atoms with E-state index in [-0.39, 0.29) is 5.91 Å². The number of anilines is 2. The van der Waals surface area contributed by atoms with Crippen LogP contribution in [0.2, 0.25) is 0 Å². The molecule has 1 saturated heterocycles. The van der Waals surface area contributed by atoms with Crippen molar-refractivity contribution in [3.8, 4) is 0 Å². The van der Waals surface area contributed by atoms with Crippen LogP contribution < -0.4 is 15.1 Å². The molecule has 1 aliphatic heterocycles. The number of carbonyl (C=O) groups is 1. The molecule has 0 radical (unpaired) electrons. The Morgan fingerprint density at radius 2 is 1.81 bits per heavy atom. The van der Waals surface area contributed by atoms with Crippen molar-refractivity contribution in [2.45, 2.75) is 27.2 Å². The van der Waals surface area contributed by atoms with E-state index in [0.29, 0.717) is 18.2 Å². The predicted molar refractivity (Wildman–Crippen MR) is 109 cm³/mol. The lowest BCUT2D eigenvalue weighted by molar-refractivity contribution is 0.0946. The van der Waals surface area contributed by atoms with Crippen LogP contribution in [0.25, 0.3) is 0 Å². The topological polar surface area (TPSA) is 61.4 Å². The highest BCUT2D eigenvalue weighted by Crippen LogP contribution is 2.20. The number of rotatable bonds is 6. The van der Waals surface area contributed by atoms with E-state index < -0.39 is 0 Å². The van der Waals surface area contributed by atoms with E-state index in [4.69, 9.17) is 0 Å². The van der Waals surface area contributed by atoms with Gasteiger partial charge in [-0.1, -0.05) is 26.0 Å². The Hall–Kier alpha value is -2.63. The van der Waals surface area contributed by atoms with Crippen molar-refractivity contribution >= 4 is 17.4 Å². The third-order valence-electron chi connectivity index (χ3n) is 4.86. The zero-order valence-corrected chi connectivity index (χ0v) is 16.5. The quantitative estimate of drug-likeness (QED) is 0.851. The molecule has 3 rings (SSSR count). The zero-order valence-electron chi connectivity index (χ0n) is 16.5. The Morgan fingerprint density at radius 3 is 2.44 bits per heavy atom. The van der Waals surface area contributed by atoms with Crippen molar-refractivity contribution in [2.75, 3.05) is 42.5 Å². The first-order valence-corrected chi connectivity index (χ1v) is 9.71. The van der Waals surface area contributed by atoms with E-state index in [1.165, 1.54) is 11.3 Å². The van der Waals surface area contributed by atoms with Gasteiger partial charge in [0.05, 0.1) is 0 Å². The molecule has 1 aromatic heterocycles. The van der Waals surface area contributed by atoms with Gasteiger partial charge in [0, 0.05) is 38.4 Å². The Balaban J connectivity index is 1.53. The second-order valence-corrected chi connectivity index (χ2v) is 7.53. The van der Waals surface area contributed by atoms with Crippen molar-refractivity contribution in [3.05, 3.63) is 47.7 Å². The minimum atomic E-state index is -0.154. The van der Waals surface area contributed by atoms with Crippen LogP contribution in [-0.4, -0.2) is 48.8 Å². The molecule has 6 heteroatoms. The standard InChI is InChI=1S/C21H29N5O/c1-16(2)9-10-22-21(27)19-7-8-20(24-23-19)26-13-11-25(12-14-26)18-6-4-5-17(3)15-18/h4-8,15-16H,9-14H2,1-3H3,(H,22,27). The summed E-state index contributed by atoms with van der Waals surface area (Å²) in [7, 11) is 0. The van der Waals surface area contributed by atoms with Crippen LogP contribution in [0.4, 0.5) is 11.5 Å². The number of hydrogen-bond donors (Lipinski definition) is 1. The number of benzene rings is 1. The number of aromatic nitrogens is 2. The van der Waals surface area contributed by atoms with Crippen LogP contribution in [0.5, 0.6) is 0 Å². The molecule has 1 aromatic carbocycles. The van der Waals surface area contributed by atoms with Gasteiger partial charge in [-0.15, -0.1) is 10.2 Å². The number of nitrogens with zero attached hydrogens (tertiary/aromatic N) is 4. The van der Waals surface area contributed by atoms with Crippen molar-refractivity contribution in [1.82, 2.24) is 15.5 Å². The molecule has 0 spiro atoms. The van der Waals surface area contributed by atoms with Crippen LogP contribution in [0, 0.1) is 12.8 Å². The van der Waals surface area contributed by atoms with Gasteiger partial charge in [0.1, 0.15) is 0 Å². The number of hydrogen-bond acceptors (Lipinski definition) is 5. The lowest BCUT2D eigenvalue weighted by atomic mass is 10.1. The molecule has 27 heavy (non-hydrogen) atoms. The molecule has 0 unspecified atom stereocenters. The first-order chi connectivity index (χ1) is 13.0. The summed E-state index contributed by atoms with van der Waals surface area (Å²) in [6.07, 6.45) is 0.961. The molecule has 0 bridgehead atoms. The van der Waals surface area contributed by atoms with Crippen molar-refractivity contribution in [2.24, 2.45) is 5.92 Å². The predicted octanol–water partition coefficient (Wildman–Crippen LogP) is 2.89. The fourth-order valence-electron chi connectivity index (χ4n) is 3.20. The van der Waals surface area contributed by atoms with Crippen LogP contribution in [0.1, 0.15) is 36.3 Å². The van der Waals surface area contributed by atoms with Crippen LogP contribution in [0.15, 0.2) is 36.4 Å². The summed E-state index contributed by atoms with van der Waals surface area (Å²) in [5.74, 6) is 1.24. The van der Waals surface area contributed by atoms with E-state index in [0.717, 1.165) is 38.4 Å². The molecule has 2 heterocycles. The van der Waals surface area contributed by atoms with Gasteiger partial charge >= 0.3 is 0 Å². The number of aryl methyl sites for hydroxylation is 1. The van der Waals surface area contributed by atoms with Crippen LogP contribution >= 0.6 is 0 Å². The van der Waals surface area contributed by atoms with E-state index in [9.17, 15) is 4.79 Å². The van der Waals surface area contributed by atoms with E-state index in [2.05, 4.69) is 70.4 Å². The second kappa shape index (κ2) is 8.84. The summed E-state index contributed by atoms with van der Waals surface area (Å²) in [6.45, 7) is 10.7. The average Bonchev–Trinajstić information content (AvgIpc) is 2.68. The Bertz CT molecular complexity index is 751. The maximum absolute atomic E-state index is 12.1. The smallest absolute Gasteiger partial charge is 0.271 e. The maximum Gasteiger partial charge on any atom is 0.271 e. The minimum Gasteiger partial charge on any atom is -0.368 e. The average molecular weight is 367 g/mol. The largest absolute Gasteiger partial charge is 0.368 e. The monoisotopic (exact) mass is 367 g/mol. The third kappa shape index (κ3) is 5.18. The SMILES string of the molecule is Cc1cccc(N2CCN(c3ccc(C(=O)NCCC(C)C)nn3)CC2)c1. The summed E-state index contributed by atoms with van der Waals surface area (Å²) < 4.78 is 0. The molecule has 0 atom stereocenters. The Kier molecular flexibility index (Phi) is 6.27. The highest BCUT2D eigenvalue weighted by Gasteiger charge is 2.19. The number of nitrogens with one attached hydrogen (secondary N) is 1. The molecule has 144 valence electrons. The molecule has 6 nitrogen and oxygen atoms in total. The van der Waals surface area contributed by atoms with Gasteiger partial charge in [-0.05, 0) is 49.1 Å². The number of carbonyl (C=O) groups excluding carboxylic acids is 1. The lowest BCUT2D eigenvalue weighted by Crippen LogP contribution is -2.47. The zero-order chi connectivity index (χ0) is 19.2. The normalized spacial score (nSPS) is 14.5. The van der Waals surface area contributed by atoms with Crippen molar-refractivity contribution in [3.63, 3.8) is 0 Å². The molecule has 1 aliphatic rings. The first-order valence-electron chi connectivity index (χ1n) is 9.71. The van der Waals surface area contributed by atoms with Gasteiger partial charge in [0.2, 0.25) is 0 Å². The molecule has 1 amide bonds. The highest BCUT2D eigenvalue weighted by atomic mass is 16.1. The summed E-state index contributed by atoms with van der Waals surface area (Å²) in [5, 5.41) is 11.3. The molecule has 0 saturated carbocycles. The molecule has 1 fully saturated rings. The molecule has 2 aromatic rings.